The van der Waals surface area contributed by atoms with Gasteiger partial charge >= 0.3 is 0 Å². The summed E-state index contributed by atoms with van der Waals surface area (Å²) in [5.41, 5.74) is 4.49. The number of piperazine rings is 1. The number of hydrogen-bond donors (Lipinski definition) is 3. The van der Waals surface area contributed by atoms with Crippen LogP contribution >= 0.6 is 0 Å². The molecule has 0 bridgehead atoms. The molecule has 2 saturated heterocycles. The van der Waals surface area contributed by atoms with Gasteiger partial charge in [-0.3, -0.25) is 38.9 Å². The number of pyridine rings is 2. The highest BCUT2D eigenvalue weighted by Gasteiger charge is 2.35. The van der Waals surface area contributed by atoms with E-state index >= 15 is 0 Å². The van der Waals surface area contributed by atoms with Crippen LogP contribution in [-0.4, -0.2) is 92.2 Å². The van der Waals surface area contributed by atoms with Crippen LogP contribution in [0.2, 0.25) is 0 Å². The van der Waals surface area contributed by atoms with E-state index in [2.05, 4.69) is 35.7 Å². The van der Waals surface area contributed by atoms with Crippen LogP contribution in [0, 0.1) is 12.7 Å². The van der Waals surface area contributed by atoms with Gasteiger partial charge in [0, 0.05) is 69.9 Å². The molecule has 8 rings (SSSR count). The van der Waals surface area contributed by atoms with Crippen LogP contribution in [0.1, 0.15) is 85.0 Å². The minimum Gasteiger partial charge on any atom is -0.383 e. The van der Waals surface area contributed by atoms with E-state index < -0.39 is 0 Å². The summed E-state index contributed by atoms with van der Waals surface area (Å²) in [6, 6.07) is 7.01. The van der Waals surface area contributed by atoms with E-state index in [0.29, 0.717) is 66.5 Å². The molecule has 1 aromatic carbocycles. The zero-order chi connectivity index (χ0) is 38.2. The lowest BCUT2D eigenvalue weighted by Gasteiger charge is -2.36. The quantitative estimate of drug-likeness (QED) is 0.113. The molecule has 2 amide bonds. The maximum absolute atomic E-state index is 15.0. The lowest BCUT2D eigenvalue weighted by Crippen LogP contribution is -2.50. The second kappa shape index (κ2) is 15.5. The van der Waals surface area contributed by atoms with Gasteiger partial charge < -0.3 is 15.5 Å². The fraction of sp³-hybridized carbons (Fsp3) is 0.475. The summed E-state index contributed by atoms with van der Waals surface area (Å²) >= 11 is 0. The molecule has 14 nitrogen and oxygen atoms in total. The zero-order valence-corrected chi connectivity index (χ0v) is 31.4. The Kier molecular flexibility index (Phi) is 10.3. The van der Waals surface area contributed by atoms with Gasteiger partial charge in [-0.2, -0.15) is 4.98 Å². The Balaban J connectivity index is 0.821. The van der Waals surface area contributed by atoms with Gasteiger partial charge in [-0.05, 0) is 87.0 Å². The van der Waals surface area contributed by atoms with E-state index in [9.17, 15) is 23.6 Å². The molecule has 3 N–H and O–H groups in total. The molecule has 1 aliphatic carbocycles. The Morgan fingerprint density at radius 3 is 2.45 bits per heavy atom. The van der Waals surface area contributed by atoms with Crippen LogP contribution in [-0.2, 0) is 22.7 Å². The van der Waals surface area contributed by atoms with Gasteiger partial charge in [0.2, 0.25) is 17.8 Å². The Hall–Kier alpha value is -5.28. The number of ketones is 1. The fourth-order valence-corrected chi connectivity index (χ4v) is 8.66. The lowest BCUT2D eigenvalue weighted by atomic mass is 10.0. The largest absolute Gasteiger partial charge is 0.383 e. The smallest absolute Gasteiger partial charge is 0.263 e. The number of aryl methyl sites for hydroxylation is 1. The third kappa shape index (κ3) is 7.55. The number of benzene rings is 1. The molecule has 55 heavy (non-hydrogen) atoms. The van der Waals surface area contributed by atoms with E-state index in [-0.39, 0.29) is 46.6 Å². The van der Waals surface area contributed by atoms with Crippen LogP contribution in [0.5, 0.6) is 0 Å². The summed E-state index contributed by atoms with van der Waals surface area (Å²) in [4.78, 5) is 70.6. The average molecular weight is 751 g/mol. The predicted molar refractivity (Wildman–Crippen MR) is 207 cm³/mol. The van der Waals surface area contributed by atoms with Crippen LogP contribution in [0.15, 0.2) is 41.5 Å². The number of halogens is 1. The standard InChI is InChI=1S/C40H47FN10O4/c1-24-30-21-44-40(47-37(30)51(28-6-3-4-7-28)39(55)36(24)25(2)52)45-34-10-8-29(20-43-34)49-16-14-48(15-17-49)13-5-12-42-32-19-27-23-50(22-26(27)18-31(32)41)33-9-11-35(53)46-38(33)54/h8,10,18-21,28,33,42H,3-7,9,11-17,22-23H2,1-2H3,(H,46,53,54)(H,43,44,45,47). The molecule has 4 aromatic rings. The number of nitrogens with one attached hydrogen (secondary N) is 3. The van der Waals surface area contributed by atoms with Crippen LogP contribution in [0.4, 0.5) is 27.5 Å². The molecule has 1 saturated carbocycles. The molecule has 1 unspecified atom stereocenters. The van der Waals surface area contributed by atoms with E-state index in [0.717, 1.165) is 81.6 Å². The first kappa shape index (κ1) is 36.7. The topological polar surface area (TPSA) is 158 Å². The second-order valence-corrected chi connectivity index (χ2v) is 15.2. The van der Waals surface area contributed by atoms with Crippen molar-refractivity contribution in [2.24, 2.45) is 0 Å². The molecule has 3 aliphatic heterocycles. The van der Waals surface area contributed by atoms with Crippen molar-refractivity contribution in [2.75, 3.05) is 54.8 Å². The monoisotopic (exact) mass is 750 g/mol. The van der Waals surface area contributed by atoms with Gasteiger partial charge in [-0.25, -0.2) is 14.4 Å². The molecule has 3 fully saturated rings. The first-order valence-electron chi connectivity index (χ1n) is 19.4. The number of rotatable bonds is 11. The number of hydrogen-bond acceptors (Lipinski definition) is 12. The summed E-state index contributed by atoms with van der Waals surface area (Å²) in [6.45, 7) is 9.35. The minimum atomic E-state index is -0.367. The fourth-order valence-electron chi connectivity index (χ4n) is 8.66. The Labute approximate surface area is 318 Å². The molecular formula is C40H47FN10O4. The summed E-state index contributed by atoms with van der Waals surface area (Å²) < 4.78 is 16.7. The number of amides is 2. The number of aromatic nitrogens is 4. The second-order valence-electron chi connectivity index (χ2n) is 15.2. The molecule has 3 aromatic heterocycles. The maximum atomic E-state index is 15.0. The van der Waals surface area contributed by atoms with Gasteiger partial charge in [0.25, 0.3) is 5.56 Å². The number of nitrogens with zero attached hydrogens (tertiary/aromatic N) is 7. The molecule has 0 radical (unpaired) electrons. The minimum absolute atomic E-state index is 0.00833. The average Bonchev–Trinajstić information content (AvgIpc) is 3.84. The predicted octanol–water partition coefficient (Wildman–Crippen LogP) is 4.44. The molecule has 1 atom stereocenters. The summed E-state index contributed by atoms with van der Waals surface area (Å²) in [7, 11) is 0. The van der Waals surface area contributed by atoms with Gasteiger partial charge in [0.05, 0.1) is 29.2 Å². The summed E-state index contributed by atoms with van der Waals surface area (Å²) in [5.74, 6) is -0.108. The molecule has 4 aliphatic rings. The Morgan fingerprint density at radius 1 is 0.982 bits per heavy atom. The van der Waals surface area contributed by atoms with Gasteiger partial charge in [0.15, 0.2) is 5.78 Å². The highest BCUT2D eigenvalue weighted by atomic mass is 19.1. The van der Waals surface area contributed by atoms with Gasteiger partial charge in [-0.1, -0.05) is 12.8 Å². The first-order valence-corrected chi connectivity index (χ1v) is 19.4. The van der Waals surface area contributed by atoms with Crippen molar-refractivity contribution in [3.63, 3.8) is 0 Å². The Morgan fingerprint density at radius 2 is 1.75 bits per heavy atom. The van der Waals surface area contributed by atoms with E-state index in [1.807, 2.05) is 29.3 Å². The number of carbonyl (C=O) groups excluding carboxylic acids is 3. The number of Topliss-reactive ketones (excluding diaryl/α,β-unsaturated/α-hetero) is 1. The highest BCUT2D eigenvalue weighted by molar-refractivity contribution is 6.00. The Bertz CT molecular complexity index is 2200. The number of anilines is 4. The molecule has 15 heteroatoms. The number of piperidine rings is 1. The van der Waals surface area contributed by atoms with Gasteiger partial charge in [-0.15, -0.1) is 0 Å². The van der Waals surface area contributed by atoms with Gasteiger partial charge in [0.1, 0.15) is 17.3 Å². The normalized spacial score (nSPS) is 19.5. The van der Waals surface area contributed by atoms with Crippen LogP contribution in [0.25, 0.3) is 11.0 Å². The summed E-state index contributed by atoms with van der Waals surface area (Å²) in [6.07, 6.45) is 9.05. The summed E-state index contributed by atoms with van der Waals surface area (Å²) in [5, 5.41) is 9.60. The van der Waals surface area contributed by atoms with Crippen molar-refractivity contribution >= 4 is 51.8 Å². The number of carbonyl (C=O) groups is 3. The third-order valence-corrected chi connectivity index (χ3v) is 11.6. The molecule has 0 spiro atoms. The maximum Gasteiger partial charge on any atom is 0.263 e. The van der Waals surface area contributed by atoms with Crippen molar-refractivity contribution in [1.29, 1.82) is 0 Å². The van der Waals surface area contributed by atoms with Crippen LogP contribution < -0.4 is 26.4 Å². The first-order chi connectivity index (χ1) is 26.6. The van der Waals surface area contributed by atoms with Crippen molar-refractivity contribution in [2.45, 2.75) is 84.0 Å². The van der Waals surface area contributed by atoms with Crippen molar-refractivity contribution in [3.8, 4) is 0 Å². The molecule has 288 valence electrons. The lowest BCUT2D eigenvalue weighted by molar-refractivity contribution is -0.137. The highest BCUT2D eigenvalue weighted by Crippen LogP contribution is 2.33. The zero-order valence-electron chi connectivity index (χ0n) is 31.4. The third-order valence-electron chi connectivity index (χ3n) is 11.6. The SMILES string of the molecule is CC(=O)c1c(C)c2cnc(Nc3ccc(N4CCN(CCCNc5cc6c(cc5F)CN(C5CCC(=O)NC5=O)C6)CC4)cn3)nc2n(C2CCCC2)c1=O. The van der Waals surface area contributed by atoms with Crippen molar-refractivity contribution in [3.05, 3.63) is 75.1 Å². The van der Waals surface area contributed by atoms with Crippen molar-refractivity contribution in [1.82, 2.24) is 34.6 Å². The molecule has 6 heterocycles. The van der Waals surface area contributed by atoms with E-state index in [4.69, 9.17) is 4.98 Å². The van der Waals surface area contributed by atoms with Crippen LogP contribution in [0.3, 0.4) is 0 Å². The van der Waals surface area contributed by atoms with E-state index in [1.165, 1.54) is 6.92 Å². The van der Waals surface area contributed by atoms with E-state index in [1.54, 1.807) is 23.8 Å². The number of fused-ring (bicyclic) bond motifs is 2. The molecular weight excluding hydrogens is 704 g/mol. The number of imide groups is 1. The van der Waals surface area contributed by atoms with Crippen molar-refractivity contribution < 1.29 is 18.8 Å².